The third kappa shape index (κ3) is 4.82. The van der Waals surface area contributed by atoms with Crippen LogP contribution in [0.15, 0.2) is 58.6 Å². The van der Waals surface area contributed by atoms with E-state index in [4.69, 9.17) is 16.9 Å². The third-order valence-electron chi connectivity index (χ3n) is 5.31. The van der Waals surface area contributed by atoms with Gasteiger partial charge in [-0.25, -0.2) is 4.98 Å². The van der Waals surface area contributed by atoms with E-state index in [1.807, 2.05) is 48.9 Å². The van der Waals surface area contributed by atoms with Gasteiger partial charge in [0.2, 0.25) is 0 Å². The number of hydrogen-bond donors (Lipinski definition) is 0. The van der Waals surface area contributed by atoms with Crippen molar-refractivity contribution in [2.45, 2.75) is 38.5 Å². The first-order valence-electron chi connectivity index (χ1n) is 10.7. The molecule has 0 saturated carbocycles. The highest BCUT2D eigenvalue weighted by molar-refractivity contribution is 7.99. The summed E-state index contributed by atoms with van der Waals surface area (Å²) in [6.45, 7) is 5.09. The molecule has 168 valence electrons. The Balaban J connectivity index is 1.67. The Labute approximate surface area is 200 Å². The molecule has 0 bridgehead atoms. The quantitative estimate of drug-likeness (QED) is 0.188. The zero-order chi connectivity index (χ0) is 23.5. The molecule has 0 fully saturated rings. The van der Waals surface area contributed by atoms with E-state index >= 15 is 0 Å². The summed E-state index contributed by atoms with van der Waals surface area (Å²) in [5, 5.41) is 11.3. The second kappa shape index (κ2) is 9.82. The Morgan fingerprint density at radius 2 is 2.00 bits per heavy atom. The van der Waals surface area contributed by atoms with Gasteiger partial charge < -0.3 is 4.57 Å². The highest BCUT2D eigenvalue weighted by atomic mass is 35.5. The summed E-state index contributed by atoms with van der Waals surface area (Å²) in [4.78, 5) is 31.1. The normalized spacial score (nSPS) is 11.4. The van der Waals surface area contributed by atoms with Crippen LogP contribution in [0.25, 0.3) is 21.8 Å². The van der Waals surface area contributed by atoms with Gasteiger partial charge in [0.15, 0.2) is 10.9 Å². The molecule has 4 aromatic rings. The number of nitrogens with zero attached hydrogens (tertiary/aromatic N) is 4. The summed E-state index contributed by atoms with van der Waals surface area (Å²) in [6, 6.07) is 14.9. The first-order chi connectivity index (χ1) is 15.9. The van der Waals surface area contributed by atoms with E-state index < -0.39 is 0 Å². The maximum Gasteiger partial charge on any atom is 0.262 e. The minimum Gasteiger partial charge on any atom is -0.346 e. The first-order valence-corrected chi connectivity index (χ1v) is 12.1. The number of carbonyl (C=O) groups is 1. The molecule has 33 heavy (non-hydrogen) atoms. The number of ketones is 1. The van der Waals surface area contributed by atoms with Crippen molar-refractivity contribution in [2.75, 3.05) is 5.75 Å². The Hall–Kier alpha value is -3.08. The molecule has 0 amide bonds. The zero-order valence-corrected chi connectivity index (χ0v) is 20.0. The Morgan fingerprint density at radius 1 is 1.21 bits per heavy atom. The Bertz CT molecular complexity index is 1450. The lowest BCUT2D eigenvalue weighted by molar-refractivity contribution is 0.102. The number of aromatic nitrogens is 3. The summed E-state index contributed by atoms with van der Waals surface area (Å²) >= 11 is 7.36. The molecule has 6 nitrogen and oxygen atoms in total. The van der Waals surface area contributed by atoms with Gasteiger partial charge >= 0.3 is 0 Å². The van der Waals surface area contributed by atoms with E-state index in [2.05, 4.69) is 11.1 Å². The molecule has 4 rings (SSSR count). The number of hydrogen-bond acceptors (Lipinski definition) is 5. The van der Waals surface area contributed by atoms with Crippen molar-refractivity contribution in [3.63, 3.8) is 0 Å². The molecule has 0 atom stereocenters. The molecule has 0 aliphatic rings. The van der Waals surface area contributed by atoms with Crippen LogP contribution in [0, 0.1) is 17.2 Å². The maximum atomic E-state index is 13.2. The molecule has 0 N–H and O–H groups in total. The van der Waals surface area contributed by atoms with Gasteiger partial charge in [-0.05, 0) is 30.2 Å². The number of benzene rings is 2. The van der Waals surface area contributed by atoms with E-state index in [0.29, 0.717) is 46.2 Å². The number of fused-ring (bicyclic) bond motifs is 2. The molecule has 2 aromatic carbocycles. The van der Waals surface area contributed by atoms with Crippen molar-refractivity contribution >= 4 is 51.0 Å². The van der Waals surface area contributed by atoms with Crippen LogP contribution in [0.4, 0.5) is 0 Å². The third-order valence-corrected chi connectivity index (χ3v) is 6.53. The second-order valence-electron chi connectivity index (χ2n) is 8.24. The number of thioether (sulfide) groups is 1. The fourth-order valence-corrected chi connectivity index (χ4v) is 4.91. The minimum atomic E-state index is -0.153. The topological polar surface area (TPSA) is 80.7 Å². The fourth-order valence-electron chi connectivity index (χ4n) is 3.84. The van der Waals surface area contributed by atoms with Crippen LogP contribution in [0.5, 0.6) is 0 Å². The molecule has 0 aliphatic heterocycles. The standard InChI is InChI=1S/C25H23ClN4O2S/c1-16(2)13-30-24(32)19-12-17(26)8-9-21(19)28-25(30)33-15-23(31)20-14-29(11-5-10-27)22-7-4-3-6-18(20)22/h3-4,6-9,12,14,16H,5,11,13,15H2,1-2H3. The van der Waals surface area contributed by atoms with Crippen LogP contribution >= 0.6 is 23.4 Å². The van der Waals surface area contributed by atoms with Crippen molar-refractivity contribution in [2.24, 2.45) is 5.92 Å². The number of carbonyl (C=O) groups excluding carboxylic acids is 1. The van der Waals surface area contributed by atoms with Crippen molar-refractivity contribution in [3.05, 3.63) is 69.6 Å². The molecular weight excluding hydrogens is 456 g/mol. The van der Waals surface area contributed by atoms with Crippen molar-refractivity contribution in [3.8, 4) is 6.07 Å². The van der Waals surface area contributed by atoms with E-state index in [1.165, 1.54) is 11.8 Å². The van der Waals surface area contributed by atoms with Gasteiger partial charge in [0.05, 0.1) is 29.1 Å². The number of rotatable bonds is 8. The minimum absolute atomic E-state index is 0.0477. The van der Waals surface area contributed by atoms with Crippen molar-refractivity contribution < 1.29 is 4.79 Å². The van der Waals surface area contributed by atoms with E-state index in [-0.39, 0.29) is 23.0 Å². The number of nitriles is 1. The lowest BCUT2D eigenvalue weighted by Crippen LogP contribution is -2.25. The molecule has 2 aromatic heterocycles. The monoisotopic (exact) mass is 478 g/mol. The summed E-state index contributed by atoms with van der Waals surface area (Å²) in [6.07, 6.45) is 2.19. The molecule has 0 aliphatic carbocycles. The summed E-state index contributed by atoms with van der Waals surface area (Å²) in [5.74, 6) is 0.332. The van der Waals surface area contributed by atoms with Gasteiger partial charge in [-0.2, -0.15) is 5.26 Å². The lowest BCUT2D eigenvalue weighted by Gasteiger charge is -2.14. The van der Waals surface area contributed by atoms with Gasteiger partial charge in [0, 0.05) is 40.8 Å². The summed E-state index contributed by atoms with van der Waals surface area (Å²) < 4.78 is 3.58. The van der Waals surface area contributed by atoms with Crippen molar-refractivity contribution in [1.29, 1.82) is 5.26 Å². The Morgan fingerprint density at radius 3 is 2.76 bits per heavy atom. The molecule has 0 unspecified atom stereocenters. The fraction of sp³-hybridized carbons (Fsp3) is 0.280. The van der Waals surface area contributed by atoms with Crippen LogP contribution in [-0.4, -0.2) is 25.7 Å². The van der Waals surface area contributed by atoms with Crippen LogP contribution in [0.1, 0.15) is 30.6 Å². The predicted octanol–water partition coefficient (Wildman–Crippen LogP) is 5.55. The van der Waals surface area contributed by atoms with Gasteiger partial charge in [0.1, 0.15) is 0 Å². The summed E-state index contributed by atoms with van der Waals surface area (Å²) in [5.41, 5.74) is 1.95. The number of para-hydroxylation sites is 1. The largest absolute Gasteiger partial charge is 0.346 e. The van der Waals surface area contributed by atoms with Gasteiger partial charge in [-0.3, -0.25) is 14.2 Å². The number of halogens is 1. The lowest BCUT2D eigenvalue weighted by atomic mass is 10.1. The number of Topliss-reactive ketones (excluding diaryl/α,β-unsaturated/α-hetero) is 1. The maximum absolute atomic E-state index is 13.2. The highest BCUT2D eigenvalue weighted by Gasteiger charge is 2.18. The zero-order valence-electron chi connectivity index (χ0n) is 18.4. The second-order valence-corrected chi connectivity index (χ2v) is 9.62. The predicted molar refractivity (Wildman–Crippen MR) is 133 cm³/mol. The Kier molecular flexibility index (Phi) is 6.87. The summed E-state index contributed by atoms with van der Waals surface area (Å²) in [7, 11) is 0. The van der Waals surface area contributed by atoms with Crippen LogP contribution in [0.2, 0.25) is 5.02 Å². The van der Waals surface area contributed by atoms with Crippen LogP contribution in [0.3, 0.4) is 0 Å². The van der Waals surface area contributed by atoms with Gasteiger partial charge in [-0.15, -0.1) is 0 Å². The molecule has 8 heteroatoms. The molecule has 2 heterocycles. The molecule has 0 spiro atoms. The molecule has 0 saturated heterocycles. The first kappa shape index (κ1) is 23.1. The van der Waals surface area contributed by atoms with Crippen LogP contribution in [-0.2, 0) is 13.1 Å². The van der Waals surface area contributed by atoms with E-state index in [1.54, 1.807) is 22.8 Å². The highest BCUT2D eigenvalue weighted by Crippen LogP contribution is 2.26. The van der Waals surface area contributed by atoms with Gasteiger partial charge in [-0.1, -0.05) is 55.4 Å². The van der Waals surface area contributed by atoms with E-state index in [9.17, 15) is 9.59 Å². The van der Waals surface area contributed by atoms with E-state index in [0.717, 1.165) is 10.9 Å². The average molecular weight is 479 g/mol. The van der Waals surface area contributed by atoms with Gasteiger partial charge in [0.25, 0.3) is 5.56 Å². The molecule has 0 radical (unpaired) electrons. The smallest absolute Gasteiger partial charge is 0.262 e. The average Bonchev–Trinajstić information content (AvgIpc) is 3.17. The van der Waals surface area contributed by atoms with Crippen molar-refractivity contribution in [1.82, 2.24) is 14.1 Å². The van der Waals surface area contributed by atoms with Crippen LogP contribution < -0.4 is 5.56 Å². The SMILES string of the molecule is CC(C)Cn1c(SCC(=O)c2cn(CCC#N)c3ccccc23)nc2ccc(Cl)cc2c1=O. The number of aryl methyl sites for hydroxylation is 1. The molecular formula is C25H23ClN4O2S.